The number of aryl methyl sites for hydroxylation is 1. The standard InChI is InChI=1S/C16H18N8O/c1-9-10(5-19-22-9)15-20-12-7-23(8-17)6-11(12)16(21-15)24-4-2-3-13(24)14(18)25/h5,13H,2-4,6-7H2,1H3,(H2,18,25)(H,19,22). The molecule has 9 heteroatoms. The Balaban J connectivity index is 1.85. The summed E-state index contributed by atoms with van der Waals surface area (Å²) in [6, 6.07) is -0.367. The molecular weight excluding hydrogens is 320 g/mol. The number of carbonyl (C=O) groups is 1. The SMILES string of the molecule is Cc1[nH]ncc1-c1nc2c(c(N3CCCC3C(N)=O)n1)CN(C#N)C2. The van der Waals surface area contributed by atoms with Gasteiger partial charge in [-0.3, -0.25) is 9.89 Å². The topological polar surface area (TPSA) is 128 Å². The number of anilines is 1. The molecule has 9 nitrogen and oxygen atoms in total. The Morgan fingerprint density at radius 3 is 2.96 bits per heavy atom. The summed E-state index contributed by atoms with van der Waals surface area (Å²) in [5.41, 5.74) is 8.98. The van der Waals surface area contributed by atoms with Gasteiger partial charge in [-0.05, 0) is 19.8 Å². The van der Waals surface area contributed by atoms with Gasteiger partial charge in [0, 0.05) is 17.8 Å². The van der Waals surface area contributed by atoms with Crippen LogP contribution in [0.25, 0.3) is 11.4 Å². The number of fused-ring (bicyclic) bond motifs is 1. The van der Waals surface area contributed by atoms with Gasteiger partial charge in [-0.15, -0.1) is 0 Å². The lowest BCUT2D eigenvalue weighted by Crippen LogP contribution is -2.41. The Labute approximate surface area is 144 Å². The zero-order valence-electron chi connectivity index (χ0n) is 13.9. The van der Waals surface area contributed by atoms with Crippen molar-refractivity contribution in [1.29, 1.82) is 5.26 Å². The second-order valence-corrected chi connectivity index (χ2v) is 6.41. The highest BCUT2D eigenvalue weighted by molar-refractivity contribution is 5.84. The van der Waals surface area contributed by atoms with Gasteiger partial charge in [0.1, 0.15) is 11.9 Å². The quantitative estimate of drug-likeness (QED) is 0.776. The molecule has 0 aromatic carbocycles. The number of aromatic amines is 1. The average molecular weight is 338 g/mol. The Morgan fingerprint density at radius 1 is 1.44 bits per heavy atom. The highest BCUT2D eigenvalue weighted by Crippen LogP contribution is 2.35. The molecule has 2 aliphatic rings. The van der Waals surface area contributed by atoms with Crippen molar-refractivity contribution >= 4 is 11.7 Å². The van der Waals surface area contributed by atoms with Crippen LogP contribution in [-0.2, 0) is 17.9 Å². The minimum Gasteiger partial charge on any atom is -0.368 e. The van der Waals surface area contributed by atoms with E-state index in [1.165, 1.54) is 0 Å². The maximum Gasteiger partial charge on any atom is 0.240 e. The summed E-state index contributed by atoms with van der Waals surface area (Å²) >= 11 is 0. The number of H-pyrrole nitrogens is 1. The molecule has 0 radical (unpaired) electrons. The van der Waals surface area contributed by atoms with Crippen LogP contribution in [0.2, 0.25) is 0 Å². The first-order chi connectivity index (χ1) is 12.1. The predicted octanol–water partition coefficient (Wildman–Crippen LogP) is 0.426. The van der Waals surface area contributed by atoms with E-state index < -0.39 is 0 Å². The highest BCUT2D eigenvalue weighted by Gasteiger charge is 2.35. The molecule has 2 aromatic rings. The molecule has 25 heavy (non-hydrogen) atoms. The molecule has 1 unspecified atom stereocenters. The van der Waals surface area contributed by atoms with Gasteiger partial charge < -0.3 is 15.5 Å². The van der Waals surface area contributed by atoms with Crippen molar-refractivity contribution in [3.63, 3.8) is 0 Å². The van der Waals surface area contributed by atoms with Crippen LogP contribution in [0.15, 0.2) is 6.20 Å². The van der Waals surface area contributed by atoms with E-state index in [1.807, 2.05) is 11.8 Å². The minimum absolute atomic E-state index is 0.346. The van der Waals surface area contributed by atoms with Crippen LogP contribution in [0.3, 0.4) is 0 Å². The number of hydrogen-bond donors (Lipinski definition) is 2. The van der Waals surface area contributed by atoms with Crippen molar-refractivity contribution in [2.24, 2.45) is 5.73 Å². The maximum absolute atomic E-state index is 11.8. The van der Waals surface area contributed by atoms with Gasteiger partial charge >= 0.3 is 0 Å². The number of carbonyl (C=O) groups excluding carboxylic acids is 1. The first-order valence-corrected chi connectivity index (χ1v) is 8.19. The van der Waals surface area contributed by atoms with Crippen molar-refractivity contribution in [3.8, 4) is 17.6 Å². The summed E-state index contributed by atoms with van der Waals surface area (Å²) in [5.74, 6) is 0.913. The molecule has 0 saturated carbocycles. The van der Waals surface area contributed by atoms with Gasteiger partial charge in [-0.2, -0.15) is 10.4 Å². The van der Waals surface area contributed by atoms with E-state index in [0.717, 1.165) is 35.4 Å². The third-order valence-corrected chi connectivity index (χ3v) is 4.83. The molecule has 0 bridgehead atoms. The third kappa shape index (κ3) is 2.46. The first kappa shape index (κ1) is 15.4. The van der Waals surface area contributed by atoms with Crippen molar-refractivity contribution in [2.45, 2.75) is 38.9 Å². The Bertz CT molecular complexity index is 883. The van der Waals surface area contributed by atoms with E-state index >= 15 is 0 Å². The number of nitrogens with zero attached hydrogens (tertiary/aromatic N) is 6. The van der Waals surface area contributed by atoms with Gasteiger partial charge in [0.25, 0.3) is 0 Å². The lowest BCUT2D eigenvalue weighted by atomic mass is 10.1. The summed E-state index contributed by atoms with van der Waals surface area (Å²) in [6.07, 6.45) is 5.45. The molecule has 1 amide bonds. The fraction of sp³-hybridized carbons (Fsp3) is 0.438. The van der Waals surface area contributed by atoms with Crippen molar-refractivity contribution in [1.82, 2.24) is 25.1 Å². The number of aromatic nitrogens is 4. The van der Waals surface area contributed by atoms with Crippen LogP contribution in [0.5, 0.6) is 0 Å². The van der Waals surface area contributed by atoms with Crippen LogP contribution in [0.1, 0.15) is 29.8 Å². The van der Waals surface area contributed by atoms with E-state index in [4.69, 9.17) is 10.7 Å². The van der Waals surface area contributed by atoms with E-state index in [1.54, 1.807) is 11.1 Å². The molecule has 1 fully saturated rings. The van der Waals surface area contributed by atoms with Crippen molar-refractivity contribution in [3.05, 3.63) is 23.1 Å². The predicted molar refractivity (Wildman–Crippen MR) is 88.8 cm³/mol. The molecule has 1 saturated heterocycles. The van der Waals surface area contributed by atoms with Gasteiger partial charge in [0.2, 0.25) is 5.91 Å². The molecule has 4 rings (SSSR count). The Kier molecular flexibility index (Phi) is 3.53. The smallest absolute Gasteiger partial charge is 0.240 e. The first-order valence-electron chi connectivity index (χ1n) is 8.19. The third-order valence-electron chi connectivity index (χ3n) is 4.83. The van der Waals surface area contributed by atoms with E-state index in [-0.39, 0.29) is 11.9 Å². The number of hydrogen-bond acceptors (Lipinski definition) is 7. The summed E-state index contributed by atoms with van der Waals surface area (Å²) in [4.78, 5) is 24.8. The largest absolute Gasteiger partial charge is 0.368 e. The van der Waals surface area contributed by atoms with Gasteiger partial charge in [0.15, 0.2) is 12.0 Å². The average Bonchev–Trinajstić information content (AvgIpc) is 3.31. The molecule has 0 spiro atoms. The van der Waals surface area contributed by atoms with Gasteiger partial charge in [0.05, 0.1) is 30.5 Å². The molecule has 0 aliphatic carbocycles. The van der Waals surface area contributed by atoms with Crippen LogP contribution < -0.4 is 10.6 Å². The zero-order valence-corrected chi connectivity index (χ0v) is 13.9. The van der Waals surface area contributed by atoms with Crippen LogP contribution in [-0.4, -0.2) is 43.6 Å². The number of rotatable bonds is 3. The van der Waals surface area contributed by atoms with Gasteiger partial charge in [-0.1, -0.05) is 0 Å². The number of nitrogens with one attached hydrogen (secondary N) is 1. The van der Waals surface area contributed by atoms with Crippen molar-refractivity contribution < 1.29 is 4.79 Å². The molecule has 128 valence electrons. The molecule has 3 N–H and O–H groups in total. The molecular formula is C16H18N8O. The number of primary amides is 1. The molecule has 2 aromatic heterocycles. The molecule has 1 atom stereocenters. The number of nitrogens with two attached hydrogens (primary N) is 1. The number of amides is 1. The molecule has 4 heterocycles. The molecule has 2 aliphatic heterocycles. The Morgan fingerprint density at radius 2 is 2.28 bits per heavy atom. The normalized spacial score (nSPS) is 19.1. The lowest BCUT2D eigenvalue weighted by Gasteiger charge is -2.25. The second kappa shape index (κ2) is 5.73. The summed E-state index contributed by atoms with van der Waals surface area (Å²) in [7, 11) is 0. The summed E-state index contributed by atoms with van der Waals surface area (Å²) in [5, 5.41) is 16.2. The fourth-order valence-corrected chi connectivity index (χ4v) is 3.56. The van der Waals surface area contributed by atoms with E-state index in [2.05, 4.69) is 21.4 Å². The fourth-order valence-electron chi connectivity index (χ4n) is 3.56. The summed E-state index contributed by atoms with van der Waals surface area (Å²) < 4.78 is 0. The zero-order chi connectivity index (χ0) is 17.6. The summed E-state index contributed by atoms with van der Waals surface area (Å²) in [6.45, 7) is 3.52. The van der Waals surface area contributed by atoms with Crippen LogP contribution in [0.4, 0.5) is 5.82 Å². The highest BCUT2D eigenvalue weighted by atomic mass is 16.1. The second-order valence-electron chi connectivity index (χ2n) is 6.41. The van der Waals surface area contributed by atoms with Crippen molar-refractivity contribution in [2.75, 3.05) is 11.4 Å². The number of nitriles is 1. The minimum atomic E-state index is -0.367. The van der Waals surface area contributed by atoms with E-state index in [0.29, 0.717) is 31.3 Å². The maximum atomic E-state index is 11.8. The van der Waals surface area contributed by atoms with Crippen LogP contribution >= 0.6 is 0 Å². The Hall–Kier alpha value is -3.15. The van der Waals surface area contributed by atoms with E-state index in [9.17, 15) is 10.1 Å². The lowest BCUT2D eigenvalue weighted by molar-refractivity contribution is -0.119. The van der Waals surface area contributed by atoms with Gasteiger partial charge in [-0.25, -0.2) is 9.97 Å². The van der Waals surface area contributed by atoms with Crippen LogP contribution in [0, 0.1) is 18.4 Å². The monoisotopic (exact) mass is 338 g/mol.